The van der Waals surface area contributed by atoms with Crippen LogP contribution < -0.4 is 9.62 Å². The van der Waals surface area contributed by atoms with Gasteiger partial charge in [0.05, 0.1) is 10.6 Å². The number of rotatable bonds is 4. The summed E-state index contributed by atoms with van der Waals surface area (Å²) in [6.07, 6.45) is 1.91. The number of piperidine rings is 1. The number of hydrogen-bond acceptors (Lipinski definition) is 4. The molecule has 0 saturated carbocycles. The van der Waals surface area contributed by atoms with Crippen LogP contribution in [-0.4, -0.2) is 52.5 Å². The van der Waals surface area contributed by atoms with Crippen molar-refractivity contribution in [2.24, 2.45) is 5.92 Å². The molecular formula is C19H23N3O3S. The number of carbonyl (C=O) groups is 1. The maximum atomic E-state index is 13.0. The highest BCUT2D eigenvalue weighted by Crippen LogP contribution is 2.41. The van der Waals surface area contributed by atoms with Crippen LogP contribution in [0.25, 0.3) is 10.8 Å². The molecule has 2 aliphatic heterocycles. The summed E-state index contributed by atoms with van der Waals surface area (Å²) in [7, 11) is -1.74. The molecular weight excluding hydrogens is 350 g/mol. The lowest BCUT2D eigenvalue weighted by Crippen LogP contribution is -2.45. The fraction of sp³-hybridized carbons (Fsp3) is 0.421. The second-order valence-electron chi connectivity index (χ2n) is 7.02. The zero-order valence-corrected chi connectivity index (χ0v) is 15.6. The number of benzene rings is 2. The topological polar surface area (TPSA) is 69.7 Å². The van der Waals surface area contributed by atoms with Crippen LogP contribution in [-0.2, 0) is 14.8 Å². The van der Waals surface area contributed by atoms with Crippen molar-refractivity contribution in [3.63, 3.8) is 0 Å². The SMILES string of the molecule is CNCC1CCN(C(=O)CN2c3cccc4cccc(c34)S2(=O)=O)CC1. The second-order valence-corrected chi connectivity index (χ2v) is 8.86. The molecule has 4 rings (SSSR count). The van der Waals surface area contributed by atoms with E-state index in [4.69, 9.17) is 0 Å². The largest absolute Gasteiger partial charge is 0.341 e. The van der Waals surface area contributed by atoms with E-state index in [-0.39, 0.29) is 12.5 Å². The van der Waals surface area contributed by atoms with Gasteiger partial charge in [0.25, 0.3) is 10.0 Å². The highest BCUT2D eigenvalue weighted by Gasteiger charge is 2.37. The quantitative estimate of drug-likeness (QED) is 0.887. The highest BCUT2D eigenvalue weighted by atomic mass is 32.2. The average molecular weight is 373 g/mol. The third kappa shape index (κ3) is 2.75. The predicted octanol–water partition coefficient (Wildman–Crippen LogP) is 1.81. The van der Waals surface area contributed by atoms with Crippen molar-refractivity contribution in [3.8, 4) is 0 Å². The molecule has 0 radical (unpaired) electrons. The number of nitrogens with one attached hydrogen (secondary N) is 1. The Morgan fingerprint density at radius 2 is 1.85 bits per heavy atom. The molecule has 0 bridgehead atoms. The van der Waals surface area contributed by atoms with Gasteiger partial charge < -0.3 is 10.2 Å². The van der Waals surface area contributed by atoms with Crippen LogP contribution in [0.15, 0.2) is 41.3 Å². The van der Waals surface area contributed by atoms with Gasteiger partial charge in [-0.15, -0.1) is 0 Å². The minimum atomic E-state index is -3.68. The van der Waals surface area contributed by atoms with Crippen molar-refractivity contribution in [2.45, 2.75) is 17.7 Å². The molecule has 0 unspecified atom stereocenters. The third-order valence-electron chi connectivity index (χ3n) is 5.42. The summed E-state index contributed by atoms with van der Waals surface area (Å²) < 4.78 is 27.2. The molecule has 1 N–H and O–H groups in total. The number of carbonyl (C=O) groups excluding carboxylic acids is 1. The Morgan fingerprint density at radius 1 is 1.15 bits per heavy atom. The van der Waals surface area contributed by atoms with Crippen LogP contribution >= 0.6 is 0 Å². The van der Waals surface area contributed by atoms with Crippen molar-refractivity contribution >= 4 is 32.4 Å². The Hall–Kier alpha value is -2.12. The molecule has 0 aromatic heterocycles. The average Bonchev–Trinajstić information content (AvgIpc) is 2.86. The van der Waals surface area contributed by atoms with Gasteiger partial charge in [-0.3, -0.25) is 9.10 Å². The molecule has 6 nitrogen and oxygen atoms in total. The molecule has 1 amide bonds. The van der Waals surface area contributed by atoms with Gasteiger partial charge in [0.15, 0.2) is 0 Å². The molecule has 0 aliphatic carbocycles. The van der Waals surface area contributed by atoms with Crippen LogP contribution in [0, 0.1) is 5.92 Å². The van der Waals surface area contributed by atoms with Crippen molar-refractivity contribution < 1.29 is 13.2 Å². The Morgan fingerprint density at radius 3 is 2.54 bits per heavy atom. The van der Waals surface area contributed by atoms with E-state index in [9.17, 15) is 13.2 Å². The Bertz CT molecular complexity index is 944. The lowest BCUT2D eigenvalue weighted by molar-refractivity contribution is -0.130. The summed E-state index contributed by atoms with van der Waals surface area (Å²) in [4.78, 5) is 14.9. The smallest absolute Gasteiger partial charge is 0.265 e. The molecule has 7 heteroatoms. The number of hydrogen-bond donors (Lipinski definition) is 1. The van der Waals surface area contributed by atoms with E-state index >= 15 is 0 Å². The fourth-order valence-corrected chi connectivity index (χ4v) is 5.69. The van der Waals surface area contributed by atoms with Gasteiger partial charge in [-0.1, -0.05) is 24.3 Å². The third-order valence-corrected chi connectivity index (χ3v) is 7.22. The van der Waals surface area contributed by atoms with Gasteiger partial charge in [-0.05, 0) is 49.9 Å². The van der Waals surface area contributed by atoms with Crippen molar-refractivity contribution in [1.82, 2.24) is 10.2 Å². The lowest BCUT2D eigenvalue weighted by Gasteiger charge is -2.33. The monoisotopic (exact) mass is 373 g/mol. The van der Waals surface area contributed by atoms with E-state index in [2.05, 4.69) is 5.32 Å². The first-order chi connectivity index (χ1) is 12.5. The number of sulfonamides is 1. The normalized spacial score (nSPS) is 19.3. The van der Waals surface area contributed by atoms with Crippen LogP contribution in [0.1, 0.15) is 12.8 Å². The summed E-state index contributed by atoms with van der Waals surface area (Å²) in [6.45, 7) is 2.21. The van der Waals surface area contributed by atoms with E-state index in [1.165, 1.54) is 4.31 Å². The van der Waals surface area contributed by atoms with Crippen LogP contribution in [0.5, 0.6) is 0 Å². The molecule has 1 saturated heterocycles. The molecule has 0 atom stereocenters. The molecule has 26 heavy (non-hydrogen) atoms. The van der Waals surface area contributed by atoms with Gasteiger partial charge >= 0.3 is 0 Å². The van der Waals surface area contributed by atoms with Crippen LogP contribution in [0.4, 0.5) is 5.69 Å². The van der Waals surface area contributed by atoms with E-state index < -0.39 is 10.0 Å². The maximum Gasteiger partial charge on any atom is 0.265 e. The minimum Gasteiger partial charge on any atom is -0.341 e. The van der Waals surface area contributed by atoms with Crippen LogP contribution in [0.2, 0.25) is 0 Å². The zero-order chi connectivity index (χ0) is 18.3. The van der Waals surface area contributed by atoms with E-state index in [1.807, 2.05) is 25.2 Å². The molecule has 138 valence electrons. The van der Waals surface area contributed by atoms with Crippen molar-refractivity contribution in [1.29, 1.82) is 0 Å². The van der Waals surface area contributed by atoms with E-state index in [1.54, 1.807) is 23.1 Å². The molecule has 1 fully saturated rings. The fourth-order valence-electron chi connectivity index (χ4n) is 4.03. The Labute approximate surface area is 153 Å². The van der Waals surface area contributed by atoms with Gasteiger partial charge in [0, 0.05) is 18.5 Å². The highest BCUT2D eigenvalue weighted by molar-refractivity contribution is 7.93. The first-order valence-corrected chi connectivity index (χ1v) is 10.4. The van der Waals surface area contributed by atoms with Gasteiger partial charge in [0.1, 0.15) is 6.54 Å². The van der Waals surface area contributed by atoms with E-state index in [0.29, 0.717) is 29.6 Å². The maximum absolute atomic E-state index is 13.0. The van der Waals surface area contributed by atoms with Crippen molar-refractivity contribution in [2.75, 3.05) is 37.5 Å². The predicted molar refractivity (Wildman–Crippen MR) is 102 cm³/mol. The zero-order valence-electron chi connectivity index (χ0n) is 14.8. The summed E-state index contributed by atoms with van der Waals surface area (Å²) in [6, 6.07) is 10.8. The molecule has 0 spiro atoms. The summed E-state index contributed by atoms with van der Waals surface area (Å²) >= 11 is 0. The Balaban J connectivity index is 1.56. The van der Waals surface area contributed by atoms with Gasteiger partial charge in [-0.25, -0.2) is 8.42 Å². The Kier molecular flexibility index (Phi) is 4.36. The number of amides is 1. The number of likely N-dealkylation sites (tertiary alicyclic amines) is 1. The van der Waals surface area contributed by atoms with Gasteiger partial charge in [-0.2, -0.15) is 0 Å². The minimum absolute atomic E-state index is 0.124. The lowest BCUT2D eigenvalue weighted by atomic mass is 9.97. The van der Waals surface area contributed by atoms with Gasteiger partial charge in [0.2, 0.25) is 5.91 Å². The standard InChI is InChI=1S/C19H23N3O3S/c1-20-12-14-8-10-21(11-9-14)18(23)13-22-16-6-2-4-15-5-3-7-17(19(15)16)26(22,24)25/h2-7,14,20H,8-13H2,1H3. The number of nitrogens with zero attached hydrogens (tertiary/aromatic N) is 2. The van der Waals surface area contributed by atoms with E-state index in [0.717, 1.165) is 30.2 Å². The van der Waals surface area contributed by atoms with Crippen LogP contribution in [0.3, 0.4) is 0 Å². The first kappa shape index (κ1) is 17.3. The van der Waals surface area contributed by atoms with Crippen molar-refractivity contribution in [3.05, 3.63) is 36.4 Å². The molecule has 2 heterocycles. The summed E-state index contributed by atoms with van der Waals surface area (Å²) in [5.74, 6) is 0.457. The molecule has 2 aliphatic rings. The summed E-state index contributed by atoms with van der Waals surface area (Å²) in [5, 5.41) is 4.78. The summed E-state index contributed by atoms with van der Waals surface area (Å²) in [5.41, 5.74) is 0.608. The number of anilines is 1. The first-order valence-electron chi connectivity index (χ1n) is 8.99. The molecule has 2 aromatic rings. The second kappa shape index (κ2) is 6.55. The molecule has 2 aromatic carbocycles.